The van der Waals surface area contributed by atoms with Crippen LogP contribution in [0.4, 0.5) is 0 Å². The number of hydroxylamine groups is 1. The molecule has 0 saturated heterocycles. The average Bonchev–Trinajstić information content (AvgIpc) is 2.28. The minimum Gasteiger partial charge on any atom is -0.330 e. The van der Waals surface area contributed by atoms with Crippen molar-refractivity contribution < 1.29 is 14.4 Å². The van der Waals surface area contributed by atoms with Gasteiger partial charge in [-0.2, -0.15) is 5.48 Å². The van der Waals surface area contributed by atoms with Gasteiger partial charge in [0.05, 0.1) is 17.7 Å². The maximum Gasteiger partial charge on any atom is 0.153 e. The maximum absolute atomic E-state index is 11.7. The van der Waals surface area contributed by atoms with E-state index in [9.17, 15) is 9.59 Å². The first-order chi connectivity index (χ1) is 8.63. The number of Topliss-reactive ketones (excluding diaryl/α,β-unsaturated/α-hetero) is 2. The van der Waals surface area contributed by atoms with E-state index in [1.165, 1.54) is 6.92 Å². The molecule has 0 atom stereocenters. The van der Waals surface area contributed by atoms with Crippen molar-refractivity contribution in [2.45, 2.75) is 52.1 Å². The van der Waals surface area contributed by atoms with Crippen LogP contribution >= 0.6 is 0 Å². The quantitative estimate of drug-likeness (QED) is 0.388. The summed E-state index contributed by atoms with van der Waals surface area (Å²) in [6, 6.07) is 0. The van der Waals surface area contributed by atoms with Gasteiger partial charge >= 0.3 is 0 Å². The van der Waals surface area contributed by atoms with E-state index in [1.54, 1.807) is 13.8 Å². The molecule has 0 bridgehead atoms. The van der Waals surface area contributed by atoms with Crippen molar-refractivity contribution in [3.05, 3.63) is 0 Å². The lowest BCUT2D eigenvalue weighted by molar-refractivity contribution is -0.128. The second-order valence-corrected chi connectivity index (χ2v) is 5.65. The molecule has 0 fully saturated rings. The van der Waals surface area contributed by atoms with Crippen LogP contribution in [0.15, 0.2) is 0 Å². The number of carbonyl (C=O) groups is 2. The normalized spacial score (nSPS) is 12.5. The average molecular weight is 273 g/mol. The molecule has 112 valence electrons. The second-order valence-electron chi connectivity index (χ2n) is 5.65. The van der Waals surface area contributed by atoms with Crippen molar-refractivity contribution in [2.24, 2.45) is 5.73 Å². The molecule has 0 aliphatic heterocycles. The zero-order valence-corrected chi connectivity index (χ0v) is 12.6. The van der Waals surface area contributed by atoms with E-state index in [4.69, 9.17) is 10.6 Å². The molecule has 19 heavy (non-hydrogen) atoms. The molecular weight excluding hydrogens is 246 g/mol. The van der Waals surface area contributed by atoms with E-state index < -0.39 is 11.1 Å². The molecular formula is C13H27N3O3. The Kier molecular flexibility index (Phi) is 7.36. The molecule has 4 N–H and O–H groups in total. The largest absolute Gasteiger partial charge is 0.330 e. The lowest BCUT2D eigenvalue weighted by Gasteiger charge is -2.26. The molecule has 0 aromatic rings. The summed E-state index contributed by atoms with van der Waals surface area (Å²) in [7, 11) is 0. The van der Waals surface area contributed by atoms with Gasteiger partial charge in [0.1, 0.15) is 0 Å². The minimum atomic E-state index is -0.703. The summed E-state index contributed by atoms with van der Waals surface area (Å²) >= 11 is 0. The standard InChI is InChI=1S/C13H27N3O3/c1-10(17)12(2,3)16-19-9-8-15-13(4,5)11(18)6-7-14/h15-16H,6-9,14H2,1-5H3. The monoisotopic (exact) mass is 273 g/mol. The van der Waals surface area contributed by atoms with Gasteiger partial charge in [0.2, 0.25) is 0 Å². The molecule has 0 aromatic carbocycles. The van der Waals surface area contributed by atoms with E-state index in [0.717, 1.165) is 0 Å². The zero-order chi connectivity index (χ0) is 15.1. The Hall–Kier alpha value is -0.820. The topological polar surface area (TPSA) is 93.5 Å². The molecule has 0 aliphatic rings. The lowest BCUT2D eigenvalue weighted by Crippen LogP contribution is -2.50. The van der Waals surface area contributed by atoms with Crippen LogP contribution in [0, 0.1) is 0 Å². The fourth-order valence-corrected chi connectivity index (χ4v) is 1.26. The van der Waals surface area contributed by atoms with E-state index in [0.29, 0.717) is 26.1 Å². The highest BCUT2D eigenvalue weighted by Crippen LogP contribution is 2.06. The first-order valence-electron chi connectivity index (χ1n) is 6.52. The number of carbonyl (C=O) groups excluding carboxylic acids is 2. The van der Waals surface area contributed by atoms with Crippen LogP contribution in [0.1, 0.15) is 41.0 Å². The van der Waals surface area contributed by atoms with E-state index in [1.807, 2.05) is 13.8 Å². The van der Waals surface area contributed by atoms with Crippen LogP contribution in [0.25, 0.3) is 0 Å². The Bertz CT molecular complexity index is 314. The van der Waals surface area contributed by atoms with Crippen molar-refractivity contribution in [3.63, 3.8) is 0 Å². The van der Waals surface area contributed by atoms with Crippen molar-refractivity contribution >= 4 is 11.6 Å². The highest BCUT2D eigenvalue weighted by Gasteiger charge is 2.26. The first-order valence-corrected chi connectivity index (χ1v) is 6.52. The summed E-state index contributed by atoms with van der Waals surface area (Å²) in [6.07, 6.45) is 0.358. The number of rotatable bonds is 10. The molecule has 0 aromatic heterocycles. The summed E-state index contributed by atoms with van der Waals surface area (Å²) in [5.74, 6) is 0.0749. The number of hydrogen-bond acceptors (Lipinski definition) is 6. The van der Waals surface area contributed by atoms with E-state index >= 15 is 0 Å². The predicted octanol–water partition coefficient (Wildman–Crippen LogP) is 0.161. The summed E-state index contributed by atoms with van der Waals surface area (Å²) in [5.41, 5.74) is 6.75. The van der Waals surface area contributed by atoms with Crippen molar-refractivity contribution in [1.82, 2.24) is 10.8 Å². The Labute approximate surface area is 115 Å². The van der Waals surface area contributed by atoms with Gasteiger partial charge in [-0.3, -0.25) is 14.4 Å². The van der Waals surface area contributed by atoms with Gasteiger partial charge in [0.25, 0.3) is 0 Å². The molecule has 0 rings (SSSR count). The molecule has 0 saturated carbocycles. The highest BCUT2D eigenvalue weighted by molar-refractivity contribution is 5.87. The number of nitrogens with one attached hydrogen (secondary N) is 2. The van der Waals surface area contributed by atoms with Crippen molar-refractivity contribution in [3.8, 4) is 0 Å². The fraction of sp³-hybridized carbons (Fsp3) is 0.846. The summed E-state index contributed by atoms with van der Waals surface area (Å²) in [5, 5.41) is 3.10. The molecule has 6 heteroatoms. The Morgan fingerprint density at radius 1 is 1.16 bits per heavy atom. The third-order valence-electron chi connectivity index (χ3n) is 3.05. The number of hydrogen-bond donors (Lipinski definition) is 3. The molecule has 0 amide bonds. The SMILES string of the molecule is CC(=O)C(C)(C)NOCCNC(C)(C)C(=O)CCN. The zero-order valence-electron chi connectivity index (χ0n) is 12.6. The van der Waals surface area contributed by atoms with E-state index in [-0.39, 0.29) is 11.6 Å². The van der Waals surface area contributed by atoms with Crippen LogP contribution in [0.3, 0.4) is 0 Å². The van der Waals surface area contributed by atoms with Crippen LogP contribution in [0.5, 0.6) is 0 Å². The van der Waals surface area contributed by atoms with Gasteiger partial charge in [0.15, 0.2) is 11.6 Å². The molecule has 0 aliphatic carbocycles. The van der Waals surface area contributed by atoms with Gasteiger partial charge in [-0.15, -0.1) is 0 Å². The molecule has 0 heterocycles. The first kappa shape index (κ1) is 18.2. The Morgan fingerprint density at radius 2 is 1.74 bits per heavy atom. The van der Waals surface area contributed by atoms with Crippen molar-refractivity contribution in [2.75, 3.05) is 19.7 Å². The lowest BCUT2D eigenvalue weighted by atomic mass is 9.97. The van der Waals surface area contributed by atoms with Gasteiger partial charge in [0, 0.05) is 13.0 Å². The van der Waals surface area contributed by atoms with Crippen LogP contribution < -0.4 is 16.5 Å². The van der Waals surface area contributed by atoms with Crippen molar-refractivity contribution in [1.29, 1.82) is 0 Å². The van der Waals surface area contributed by atoms with Gasteiger partial charge in [-0.25, -0.2) is 0 Å². The van der Waals surface area contributed by atoms with Crippen LogP contribution in [0.2, 0.25) is 0 Å². The molecule has 0 radical (unpaired) electrons. The summed E-state index contributed by atoms with van der Waals surface area (Å²) in [4.78, 5) is 28.2. The maximum atomic E-state index is 11.7. The van der Waals surface area contributed by atoms with Crippen LogP contribution in [-0.2, 0) is 14.4 Å². The smallest absolute Gasteiger partial charge is 0.153 e. The number of ketones is 2. The Morgan fingerprint density at radius 3 is 2.21 bits per heavy atom. The van der Waals surface area contributed by atoms with E-state index in [2.05, 4.69) is 10.8 Å². The van der Waals surface area contributed by atoms with Crippen LogP contribution in [-0.4, -0.2) is 42.3 Å². The number of nitrogens with two attached hydrogens (primary N) is 1. The predicted molar refractivity (Wildman–Crippen MR) is 74.6 cm³/mol. The molecule has 0 unspecified atom stereocenters. The molecule has 0 spiro atoms. The Balaban J connectivity index is 3.92. The molecule has 6 nitrogen and oxygen atoms in total. The van der Waals surface area contributed by atoms with Gasteiger partial charge < -0.3 is 11.1 Å². The minimum absolute atomic E-state index is 0.00101. The fourth-order valence-electron chi connectivity index (χ4n) is 1.26. The van der Waals surface area contributed by atoms with Gasteiger partial charge in [-0.05, 0) is 41.2 Å². The second kappa shape index (κ2) is 7.69. The summed E-state index contributed by atoms with van der Waals surface area (Å²) in [6.45, 7) is 9.85. The van der Waals surface area contributed by atoms with Gasteiger partial charge in [-0.1, -0.05) is 0 Å². The third-order valence-corrected chi connectivity index (χ3v) is 3.05. The summed E-state index contributed by atoms with van der Waals surface area (Å²) < 4.78 is 0. The highest BCUT2D eigenvalue weighted by atomic mass is 16.6. The third kappa shape index (κ3) is 6.77.